The van der Waals surface area contributed by atoms with Crippen molar-refractivity contribution in [2.24, 2.45) is 11.5 Å². The number of carbonyl (C=O) groups excluding carboxylic acids is 2. The molecule has 0 aromatic heterocycles. The summed E-state index contributed by atoms with van der Waals surface area (Å²) in [7, 11) is 0. The molecule has 0 fully saturated rings. The summed E-state index contributed by atoms with van der Waals surface area (Å²) in [4.78, 5) is 20.2. The SMILES string of the molecule is NC(=O)[CH2][AlH][CH2]C(N)=O. The molecule has 5 heteroatoms. The van der Waals surface area contributed by atoms with Crippen LogP contribution in [0.3, 0.4) is 0 Å². The molecule has 0 saturated heterocycles. The second kappa shape index (κ2) is 4.36. The zero-order chi connectivity index (χ0) is 7.28. The van der Waals surface area contributed by atoms with Crippen LogP contribution in [0.2, 0.25) is 10.6 Å². The van der Waals surface area contributed by atoms with Crippen molar-refractivity contribution in [1.82, 2.24) is 0 Å². The first-order valence-electron chi connectivity index (χ1n) is 2.69. The third-order valence-corrected chi connectivity index (χ3v) is 2.54. The molecule has 0 radical (unpaired) electrons. The van der Waals surface area contributed by atoms with E-state index >= 15 is 0 Å². The van der Waals surface area contributed by atoms with Crippen molar-refractivity contribution < 1.29 is 9.59 Å². The molecular weight excluding hydrogens is 135 g/mol. The van der Waals surface area contributed by atoms with Crippen LogP contribution in [0.5, 0.6) is 0 Å². The molecule has 0 aliphatic rings. The Balaban J connectivity index is 3.10. The smallest absolute Gasteiger partial charge is 0.264 e. The first kappa shape index (κ1) is 8.47. The van der Waals surface area contributed by atoms with Gasteiger partial charge in [-0.15, -0.1) is 0 Å². The van der Waals surface area contributed by atoms with Gasteiger partial charge in [-0.2, -0.15) is 0 Å². The number of hydrogen-bond acceptors (Lipinski definition) is 2. The zero-order valence-corrected chi connectivity index (χ0v) is 6.51. The Kier molecular flexibility index (Phi) is 4.11. The van der Waals surface area contributed by atoms with Gasteiger partial charge in [0.2, 0.25) is 11.8 Å². The number of amides is 2. The van der Waals surface area contributed by atoms with E-state index in [0.29, 0.717) is 10.6 Å². The quantitative estimate of drug-likeness (QED) is 0.457. The third kappa shape index (κ3) is 7.47. The van der Waals surface area contributed by atoms with Gasteiger partial charge >= 0.3 is 0 Å². The van der Waals surface area contributed by atoms with Crippen LogP contribution >= 0.6 is 0 Å². The molecular formula is C4H9AlN2O2. The van der Waals surface area contributed by atoms with Crippen LogP contribution in [0.4, 0.5) is 0 Å². The minimum absolute atomic E-state index is 0.331. The molecule has 0 unspecified atom stereocenters. The van der Waals surface area contributed by atoms with Crippen LogP contribution in [0, 0.1) is 0 Å². The predicted octanol–water partition coefficient (Wildman–Crippen LogP) is -1.77. The summed E-state index contributed by atoms with van der Waals surface area (Å²) in [6, 6.07) is 0. The molecule has 50 valence electrons. The highest BCUT2D eigenvalue weighted by molar-refractivity contribution is 6.45. The highest BCUT2D eigenvalue weighted by Gasteiger charge is 2.00. The lowest BCUT2D eigenvalue weighted by molar-refractivity contribution is -0.116. The minimum atomic E-state index is -0.633. The molecule has 9 heavy (non-hydrogen) atoms. The van der Waals surface area contributed by atoms with Crippen molar-refractivity contribution in [3.8, 4) is 0 Å². The van der Waals surface area contributed by atoms with Crippen molar-refractivity contribution in [2.45, 2.75) is 10.6 Å². The topological polar surface area (TPSA) is 86.2 Å². The van der Waals surface area contributed by atoms with Crippen molar-refractivity contribution in [3.05, 3.63) is 0 Å². The first-order valence-corrected chi connectivity index (χ1v) is 4.69. The van der Waals surface area contributed by atoms with Crippen molar-refractivity contribution in [3.63, 3.8) is 0 Å². The Morgan fingerprint density at radius 2 is 1.44 bits per heavy atom. The number of carbonyl (C=O) groups is 2. The molecule has 0 aromatic carbocycles. The Morgan fingerprint density at radius 1 is 1.11 bits per heavy atom. The lowest BCUT2D eigenvalue weighted by atomic mass is 10.7. The molecule has 0 aromatic rings. The summed E-state index contributed by atoms with van der Waals surface area (Å²) >= 11 is -0.633. The fourth-order valence-electron chi connectivity index (χ4n) is 0.437. The van der Waals surface area contributed by atoms with Gasteiger partial charge in [0.15, 0.2) is 0 Å². The maximum Gasteiger partial charge on any atom is 0.264 e. The molecule has 0 atom stereocenters. The van der Waals surface area contributed by atoms with Gasteiger partial charge in [-0.25, -0.2) is 0 Å². The maximum atomic E-state index is 10.1. The van der Waals surface area contributed by atoms with E-state index in [1.165, 1.54) is 0 Å². The van der Waals surface area contributed by atoms with Gasteiger partial charge in [0, 0.05) is 0 Å². The monoisotopic (exact) mass is 144 g/mol. The van der Waals surface area contributed by atoms with E-state index in [-0.39, 0.29) is 11.8 Å². The Labute approximate surface area is 59.3 Å². The molecule has 0 bridgehead atoms. The second-order valence-electron chi connectivity index (χ2n) is 1.79. The van der Waals surface area contributed by atoms with E-state index in [1.54, 1.807) is 0 Å². The molecule has 4 N–H and O–H groups in total. The molecule has 0 spiro atoms. The molecule has 0 rings (SSSR count). The van der Waals surface area contributed by atoms with E-state index in [1.807, 2.05) is 0 Å². The van der Waals surface area contributed by atoms with Gasteiger partial charge < -0.3 is 11.5 Å². The van der Waals surface area contributed by atoms with Gasteiger partial charge in [-0.3, -0.25) is 9.59 Å². The van der Waals surface area contributed by atoms with Crippen LogP contribution in [-0.2, 0) is 9.59 Å². The fraction of sp³-hybridized carbons (Fsp3) is 0.500. The number of primary amides is 2. The third-order valence-electron chi connectivity index (χ3n) is 0.846. The molecule has 0 saturated carbocycles. The lowest BCUT2D eigenvalue weighted by Gasteiger charge is -1.87. The summed E-state index contributed by atoms with van der Waals surface area (Å²) in [5.41, 5.74) is 9.64. The van der Waals surface area contributed by atoms with E-state index in [4.69, 9.17) is 11.5 Å². The van der Waals surface area contributed by atoms with E-state index < -0.39 is 15.2 Å². The Hall–Kier alpha value is -0.528. The van der Waals surface area contributed by atoms with Crippen molar-refractivity contribution in [1.29, 1.82) is 0 Å². The maximum absolute atomic E-state index is 10.1. The number of hydrogen-bond donors (Lipinski definition) is 2. The summed E-state index contributed by atoms with van der Waals surface area (Å²) < 4.78 is 0. The summed E-state index contributed by atoms with van der Waals surface area (Å²) in [5.74, 6) is -0.661. The van der Waals surface area contributed by atoms with Crippen LogP contribution in [-0.4, -0.2) is 27.0 Å². The number of nitrogens with two attached hydrogens (primary N) is 2. The summed E-state index contributed by atoms with van der Waals surface area (Å²) in [6.45, 7) is 0. The molecule has 0 heterocycles. The van der Waals surface area contributed by atoms with Crippen molar-refractivity contribution in [2.75, 3.05) is 0 Å². The van der Waals surface area contributed by atoms with Crippen LogP contribution in [0.25, 0.3) is 0 Å². The van der Waals surface area contributed by atoms with E-state index in [9.17, 15) is 9.59 Å². The van der Waals surface area contributed by atoms with Crippen LogP contribution < -0.4 is 11.5 Å². The fourth-order valence-corrected chi connectivity index (χ4v) is 1.31. The number of rotatable bonds is 4. The van der Waals surface area contributed by atoms with Gasteiger partial charge in [-0.05, 0) is 10.6 Å². The van der Waals surface area contributed by atoms with E-state index in [0.717, 1.165) is 0 Å². The molecule has 0 aliphatic heterocycles. The predicted molar refractivity (Wildman–Crippen MR) is 35.2 cm³/mol. The standard InChI is InChI=1S/2C2H4NO.Al.H/c2*1-2(3)4;;/h2*1H2,(H2,3,4);;. The zero-order valence-electron chi connectivity index (χ0n) is 5.09. The van der Waals surface area contributed by atoms with Crippen LogP contribution in [0.1, 0.15) is 0 Å². The van der Waals surface area contributed by atoms with Gasteiger partial charge in [-0.1, -0.05) is 0 Å². The van der Waals surface area contributed by atoms with Gasteiger partial charge in [0.1, 0.15) is 0 Å². The van der Waals surface area contributed by atoms with Gasteiger partial charge in [0.05, 0.1) is 0 Å². The van der Waals surface area contributed by atoms with E-state index in [2.05, 4.69) is 0 Å². The summed E-state index contributed by atoms with van der Waals surface area (Å²) in [6.07, 6.45) is 0. The lowest BCUT2D eigenvalue weighted by Crippen LogP contribution is -2.17. The summed E-state index contributed by atoms with van der Waals surface area (Å²) in [5, 5.41) is 0.756. The second-order valence-corrected chi connectivity index (χ2v) is 3.49. The van der Waals surface area contributed by atoms with Crippen molar-refractivity contribution >= 4 is 27.0 Å². The first-order chi connectivity index (χ1) is 4.13. The molecule has 0 aliphatic carbocycles. The highest BCUT2D eigenvalue weighted by Crippen LogP contribution is 1.81. The van der Waals surface area contributed by atoms with Crippen LogP contribution in [0.15, 0.2) is 0 Å². The minimum Gasteiger partial charge on any atom is -0.371 e. The average molecular weight is 144 g/mol. The Morgan fingerprint density at radius 3 is 1.67 bits per heavy atom. The normalized spacial score (nSPS) is 8.44. The molecule has 4 nitrogen and oxygen atoms in total. The Bertz CT molecular complexity index is 112. The average Bonchev–Trinajstić information content (AvgIpc) is 1.63. The van der Waals surface area contributed by atoms with Gasteiger partial charge in [0.25, 0.3) is 15.2 Å². The largest absolute Gasteiger partial charge is 0.371 e. The highest BCUT2D eigenvalue weighted by atomic mass is 27.1. The molecule has 2 amide bonds.